The molecule has 0 radical (unpaired) electrons. The Kier molecular flexibility index (Phi) is 3.94. The standard InChI is InChI=1S/C14H18N4S2/c1-9(2)18-13(15)16-17-14(18)19-8-11-7-10-5-3-4-6-12(10)20-11/h3-6,9,11H,7-8H2,1-2H3,(H2,15,16). The van der Waals surface area contributed by atoms with E-state index in [0.29, 0.717) is 17.2 Å². The average Bonchev–Trinajstić information content (AvgIpc) is 2.99. The van der Waals surface area contributed by atoms with Crippen molar-refractivity contribution in [2.75, 3.05) is 11.5 Å². The van der Waals surface area contributed by atoms with E-state index in [9.17, 15) is 0 Å². The zero-order valence-electron chi connectivity index (χ0n) is 11.6. The normalized spacial score (nSPS) is 17.6. The lowest BCUT2D eigenvalue weighted by atomic mass is 10.1. The van der Waals surface area contributed by atoms with Crippen LogP contribution in [0.3, 0.4) is 0 Å². The predicted molar refractivity (Wildman–Crippen MR) is 85.3 cm³/mol. The smallest absolute Gasteiger partial charge is 0.222 e. The van der Waals surface area contributed by atoms with Gasteiger partial charge in [0, 0.05) is 21.9 Å². The molecule has 1 aromatic carbocycles. The molecule has 1 aliphatic rings. The average molecular weight is 306 g/mol. The number of nitrogens with two attached hydrogens (primary N) is 1. The number of hydrogen-bond acceptors (Lipinski definition) is 5. The maximum atomic E-state index is 5.87. The molecule has 1 atom stereocenters. The molecule has 1 aliphatic heterocycles. The first-order chi connectivity index (χ1) is 9.65. The van der Waals surface area contributed by atoms with Gasteiger partial charge >= 0.3 is 0 Å². The zero-order valence-corrected chi connectivity index (χ0v) is 13.2. The molecule has 4 nitrogen and oxygen atoms in total. The number of hydrogen-bond donors (Lipinski definition) is 1. The van der Waals surface area contributed by atoms with E-state index < -0.39 is 0 Å². The van der Waals surface area contributed by atoms with Crippen LogP contribution in [0.1, 0.15) is 25.5 Å². The molecule has 1 unspecified atom stereocenters. The Morgan fingerprint density at radius 1 is 1.40 bits per heavy atom. The first-order valence-electron chi connectivity index (χ1n) is 6.73. The second-order valence-corrected chi connectivity index (χ2v) is 7.50. The Bertz CT molecular complexity index is 584. The van der Waals surface area contributed by atoms with Gasteiger partial charge in [0.05, 0.1) is 0 Å². The second kappa shape index (κ2) is 5.69. The predicted octanol–water partition coefficient (Wildman–Crippen LogP) is 3.25. The summed E-state index contributed by atoms with van der Waals surface area (Å²) in [6.45, 7) is 4.20. The monoisotopic (exact) mass is 306 g/mol. The lowest BCUT2D eigenvalue weighted by Gasteiger charge is -2.12. The van der Waals surface area contributed by atoms with Crippen LogP contribution in [0.5, 0.6) is 0 Å². The molecule has 0 amide bonds. The van der Waals surface area contributed by atoms with E-state index >= 15 is 0 Å². The molecule has 0 saturated heterocycles. The summed E-state index contributed by atoms with van der Waals surface area (Å²) in [6.07, 6.45) is 1.14. The molecule has 2 aromatic rings. The van der Waals surface area contributed by atoms with Gasteiger partial charge in [-0.15, -0.1) is 22.0 Å². The number of aromatic nitrogens is 3. The first kappa shape index (κ1) is 13.8. The highest BCUT2D eigenvalue weighted by molar-refractivity contribution is 8.03. The minimum atomic E-state index is 0.293. The molecule has 3 rings (SSSR count). The Labute approximate surface area is 127 Å². The van der Waals surface area contributed by atoms with Gasteiger partial charge < -0.3 is 5.73 Å². The second-order valence-electron chi connectivity index (χ2n) is 5.17. The van der Waals surface area contributed by atoms with Crippen LogP contribution in [-0.2, 0) is 6.42 Å². The van der Waals surface area contributed by atoms with E-state index in [0.717, 1.165) is 17.3 Å². The van der Waals surface area contributed by atoms with E-state index in [1.807, 2.05) is 16.3 Å². The van der Waals surface area contributed by atoms with E-state index in [4.69, 9.17) is 5.73 Å². The summed E-state index contributed by atoms with van der Waals surface area (Å²) in [4.78, 5) is 1.42. The van der Waals surface area contributed by atoms with E-state index in [1.54, 1.807) is 11.8 Å². The lowest BCUT2D eigenvalue weighted by molar-refractivity contribution is 0.557. The lowest BCUT2D eigenvalue weighted by Crippen LogP contribution is -2.09. The minimum absolute atomic E-state index is 0.293. The van der Waals surface area contributed by atoms with Crippen molar-refractivity contribution in [3.8, 4) is 0 Å². The maximum absolute atomic E-state index is 5.87. The fraction of sp³-hybridized carbons (Fsp3) is 0.429. The molecule has 20 heavy (non-hydrogen) atoms. The van der Waals surface area contributed by atoms with Gasteiger partial charge in [-0.2, -0.15) is 0 Å². The fourth-order valence-electron chi connectivity index (χ4n) is 2.39. The SMILES string of the molecule is CC(C)n1c(N)nnc1SCC1Cc2ccccc2S1. The third-order valence-electron chi connectivity index (χ3n) is 3.32. The fourth-order valence-corrected chi connectivity index (χ4v) is 4.94. The number of anilines is 1. The molecule has 1 aromatic heterocycles. The summed E-state index contributed by atoms with van der Waals surface area (Å²) in [5.74, 6) is 1.54. The van der Waals surface area contributed by atoms with Crippen molar-refractivity contribution < 1.29 is 0 Å². The summed E-state index contributed by atoms with van der Waals surface area (Å²) in [7, 11) is 0. The molecule has 0 aliphatic carbocycles. The van der Waals surface area contributed by atoms with Crippen LogP contribution in [-0.4, -0.2) is 25.8 Å². The van der Waals surface area contributed by atoms with Crippen molar-refractivity contribution in [1.82, 2.24) is 14.8 Å². The Hall–Kier alpha value is -1.14. The molecule has 2 N–H and O–H groups in total. The van der Waals surface area contributed by atoms with Gasteiger partial charge in [-0.1, -0.05) is 30.0 Å². The summed E-state index contributed by atoms with van der Waals surface area (Å²) in [6, 6.07) is 8.95. The Morgan fingerprint density at radius 2 is 2.20 bits per heavy atom. The van der Waals surface area contributed by atoms with Crippen LogP contribution in [0.25, 0.3) is 0 Å². The molecule has 0 fully saturated rings. The van der Waals surface area contributed by atoms with E-state index in [2.05, 4.69) is 48.3 Å². The zero-order chi connectivity index (χ0) is 14.1. The van der Waals surface area contributed by atoms with Crippen LogP contribution >= 0.6 is 23.5 Å². The third kappa shape index (κ3) is 2.67. The number of fused-ring (bicyclic) bond motifs is 1. The van der Waals surface area contributed by atoms with Crippen molar-refractivity contribution in [1.29, 1.82) is 0 Å². The number of benzene rings is 1. The van der Waals surface area contributed by atoms with Crippen molar-refractivity contribution in [3.05, 3.63) is 29.8 Å². The van der Waals surface area contributed by atoms with Crippen molar-refractivity contribution in [2.24, 2.45) is 0 Å². The van der Waals surface area contributed by atoms with Gasteiger partial charge in [-0.05, 0) is 31.9 Å². The van der Waals surface area contributed by atoms with Crippen LogP contribution < -0.4 is 5.73 Å². The van der Waals surface area contributed by atoms with Gasteiger partial charge in [0.15, 0.2) is 5.16 Å². The molecule has 0 bridgehead atoms. The van der Waals surface area contributed by atoms with Gasteiger partial charge in [0.1, 0.15) is 0 Å². The third-order valence-corrected chi connectivity index (χ3v) is 5.95. The largest absolute Gasteiger partial charge is 0.368 e. The van der Waals surface area contributed by atoms with E-state index in [1.165, 1.54) is 10.5 Å². The van der Waals surface area contributed by atoms with Crippen LogP contribution in [0.15, 0.2) is 34.3 Å². The summed E-state index contributed by atoms with van der Waals surface area (Å²) in [5.41, 5.74) is 7.33. The van der Waals surface area contributed by atoms with E-state index in [-0.39, 0.29) is 0 Å². The molecular formula is C14H18N4S2. The maximum Gasteiger partial charge on any atom is 0.222 e. The van der Waals surface area contributed by atoms with Gasteiger partial charge in [-0.25, -0.2) is 0 Å². The highest BCUT2D eigenvalue weighted by Crippen LogP contribution is 2.39. The van der Waals surface area contributed by atoms with Gasteiger partial charge in [0.25, 0.3) is 0 Å². The summed E-state index contributed by atoms with van der Waals surface area (Å²) in [5, 5.41) is 9.71. The molecular weight excluding hydrogens is 288 g/mol. The van der Waals surface area contributed by atoms with Crippen molar-refractivity contribution >= 4 is 29.5 Å². The molecule has 2 heterocycles. The minimum Gasteiger partial charge on any atom is -0.368 e. The molecule has 106 valence electrons. The van der Waals surface area contributed by atoms with Crippen LogP contribution in [0, 0.1) is 0 Å². The quantitative estimate of drug-likeness (QED) is 0.879. The molecule has 6 heteroatoms. The van der Waals surface area contributed by atoms with Gasteiger partial charge in [-0.3, -0.25) is 4.57 Å². The highest BCUT2D eigenvalue weighted by atomic mass is 32.2. The number of nitrogens with zero attached hydrogens (tertiary/aromatic N) is 3. The first-order valence-corrected chi connectivity index (χ1v) is 8.59. The summed E-state index contributed by atoms with van der Waals surface area (Å²) < 4.78 is 2.00. The van der Waals surface area contributed by atoms with Crippen molar-refractivity contribution in [2.45, 2.75) is 41.6 Å². The molecule has 0 saturated carbocycles. The van der Waals surface area contributed by atoms with Crippen LogP contribution in [0.4, 0.5) is 5.95 Å². The highest BCUT2D eigenvalue weighted by Gasteiger charge is 2.23. The van der Waals surface area contributed by atoms with Crippen LogP contribution in [0.2, 0.25) is 0 Å². The topological polar surface area (TPSA) is 56.7 Å². The van der Waals surface area contributed by atoms with Crippen molar-refractivity contribution in [3.63, 3.8) is 0 Å². The summed E-state index contributed by atoms with van der Waals surface area (Å²) >= 11 is 3.72. The van der Waals surface area contributed by atoms with Gasteiger partial charge in [0.2, 0.25) is 5.95 Å². The number of rotatable bonds is 4. The number of nitrogen functional groups attached to an aromatic ring is 1. The number of thioether (sulfide) groups is 2. The Balaban J connectivity index is 1.65. The molecule has 0 spiro atoms. The Morgan fingerprint density at radius 3 is 2.95 bits per heavy atom.